The zero-order chi connectivity index (χ0) is 23.7. The number of aliphatic hydroxyl groups is 1. The first-order valence-corrected chi connectivity index (χ1v) is 12.1. The summed E-state index contributed by atoms with van der Waals surface area (Å²) in [5.74, 6) is 0.509. The lowest BCUT2D eigenvalue weighted by atomic mass is 9.49. The Morgan fingerprint density at radius 3 is 2.56 bits per heavy atom. The molecule has 2 aromatic carbocycles. The fourth-order valence-corrected chi connectivity index (χ4v) is 6.84. The number of rotatable bonds is 3. The highest BCUT2D eigenvalue weighted by Gasteiger charge is 2.73. The number of ether oxygens (including phenoxy) is 1. The summed E-state index contributed by atoms with van der Waals surface area (Å²) in [6.45, 7) is 1.95. The number of aromatic hydroxyl groups is 1. The third-order valence-electron chi connectivity index (χ3n) is 8.58. The number of phenolic OH excluding ortho intramolecular Hbond substituents is 1. The molecule has 0 amide bonds. The molecule has 3 N–H and O–H groups in total. The number of carboxylic acid groups (broad SMARTS) is 1. The molecule has 3 fully saturated rings. The molecule has 2 aliphatic heterocycles. The van der Waals surface area contributed by atoms with Crippen LogP contribution in [0.5, 0.6) is 11.5 Å². The van der Waals surface area contributed by atoms with Gasteiger partial charge >= 0.3 is 5.97 Å². The van der Waals surface area contributed by atoms with E-state index in [2.05, 4.69) is 4.90 Å². The molecule has 2 bridgehead atoms. The molecule has 5 aliphatic rings. The number of nitrogens with zero attached hydrogens (tertiary/aromatic N) is 1. The summed E-state index contributed by atoms with van der Waals surface area (Å²) in [6.07, 6.45) is 4.33. The maximum atomic E-state index is 12.7. The fraction of sp³-hybridized carbons (Fsp3) is 0.481. The monoisotopic (exact) mass is 463 g/mol. The molecule has 7 heteroatoms. The van der Waals surface area contributed by atoms with Gasteiger partial charge in [-0.3, -0.25) is 9.69 Å². The van der Waals surface area contributed by atoms with Gasteiger partial charge in [0.15, 0.2) is 23.4 Å². The molecule has 0 radical (unpaired) electrons. The third-order valence-corrected chi connectivity index (χ3v) is 8.58. The summed E-state index contributed by atoms with van der Waals surface area (Å²) in [4.78, 5) is 25.4. The molecule has 178 valence electrons. The zero-order valence-electron chi connectivity index (χ0n) is 18.9. The molecular weight excluding hydrogens is 434 g/mol. The summed E-state index contributed by atoms with van der Waals surface area (Å²) >= 11 is 0. The van der Waals surface area contributed by atoms with Gasteiger partial charge in [-0.15, -0.1) is 0 Å². The number of aromatic carboxylic acids is 1. The normalized spacial score (nSPS) is 32.8. The minimum atomic E-state index is -0.940. The first-order chi connectivity index (χ1) is 16.3. The number of ketones is 1. The van der Waals surface area contributed by atoms with E-state index in [-0.39, 0.29) is 17.6 Å². The first kappa shape index (κ1) is 21.6. The quantitative estimate of drug-likeness (QED) is 0.642. The van der Waals surface area contributed by atoms with Crippen LogP contribution in [0.2, 0.25) is 0 Å². The van der Waals surface area contributed by atoms with Gasteiger partial charge in [0.05, 0.1) is 16.6 Å². The maximum absolute atomic E-state index is 12.7. The molecule has 4 atom stereocenters. The van der Waals surface area contributed by atoms with Gasteiger partial charge in [-0.25, -0.2) is 4.79 Å². The molecular formula is C27H29NO6. The van der Waals surface area contributed by atoms with Gasteiger partial charge in [-0.2, -0.15) is 0 Å². The topological polar surface area (TPSA) is 107 Å². The summed E-state index contributed by atoms with van der Waals surface area (Å²) in [5.41, 5.74) is 0.785. The average Bonchev–Trinajstić information content (AvgIpc) is 3.57. The molecule has 2 heterocycles. The van der Waals surface area contributed by atoms with Crippen molar-refractivity contribution in [1.29, 1.82) is 0 Å². The Morgan fingerprint density at radius 1 is 1.12 bits per heavy atom. The van der Waals surface area contributed by atoms with Crippen LogP contribution in [0.25, 0.3) is 0 Å². The van der Waals surface area contributed by atoms with Crippen LogP contribution in [0, 0.1) is 5.92 Å². The van der Waals surface area contributed by atoms with E-state index in [1.165, 1.54) is 12.8 Å². The standard InChI is InChI=1S/C20H23NO4.C7H6O2/c22-13-4-3-12-9-15-20(24)6-5-14(23)18-19(20,16(12)17(13)25-18)7-8-21(15)10-11-1-2-11;8-7(9)6-4-2-1-3-5-6/h3-4,11,15,18,22,24H,1-2,5-10H2;1-5H,(H,8,9)/t15-,18+,19+,20-;/m1./s1. The summed E-state index contributed by atoms with van der Waals surface area (Å²) in [7, 11) is 0. The summed E-state index contributed by atoms with van der Waals surface area (Å²) in [6, 6.07) is 12.0. The number of likely N-dealkylation sites (tertiary alicyclic amines) is 1. The third kappa shape index (κ3) is 2.96. The van der Waals surface area contributed by atoms with E-state index in [1.54, 1.807) is 36.4 Å². The van der Waals surface area contributed by atoms with Crippen LogP contribution in [0.15, 0.2) is 42.5 Å². The minimum Gasteiger partial charge on any atom is -0.504 e. The molecule has 1 saturated heterocycles. The fourth-order valence-electron chi connectivity index (χ4n) is 6.84. The molecule has 2 saturated carbocycles. The van der Waals surface area contributed by atoms with Crippen LogP contribution >= 0.6 is 0 Å². The second-order valence-electron chi connectivity index (χ2n) is 10.4. The van der Waals surface area contributed by atoms with Gasteiger partial charge in [-0.05, 0) is 68.3 Å². The van der Waals surface area contributed by atoms with E-state index in [0.717, 1.165) is 43.0 Å². The summed E-state index contributed by atoms with van der Waals surface area (Å²) < 4.78 is 6.04. The number of phenols is 1. The average molecular weight is 464 g/mol. The SMILES string of the molecule is O=C(O)c1ccccc1.O=C1CC[C@@]2(O)[C@H]3Cc4ccc(O)c5c4[C@@]2(CCN3CC2CC2)[C@H]1O5. The number of hydrogen-bond donors (Lipinski definition) is 3. The second-order valence-corrected chi connectivity index (χ2v) is 10.4. The number of Topliss-reactive ketones (excluding diaryl/α,β-unsaturated/α-hetero) is 1. The number of carboxylic acids is 1. The molecule has 7 rings (SSSR count). The molecule has 1 spiro atoms. The molecule has 0 unspecified atom stereocenters. The van der Waals surface area contributed by atoms with Crippen LogP contribution in [-0.4, -0.2) is 62.8 Å². The zero-order valence-corrected chi connectivity index (χ0v) is 18.9. The van der Waals surface area contributed by atoms with Gasteiger partial charge in [0.2, 0.25) is 0 Å². The maximum Gasteiger partial charge on any atom is 0.335 e. The van der Waals surface area contributed by atoms with Crippen molar-refractivity contribution in [3.8, 4) is 11.5 Å². The van der Waals surface area contributed by atoms with Crippen molar-refractivity contribution in [2.75, 3.05) is 13.1 Å². The van der Waals surface area contributed by atoms with Crippen molar-refractivity contribution in [2.24, 2.45) is 5.92 Å². The smallest absolute Gasteiger partial charge is 0.335 e. The minimum absolute atomic E-state index is 0.0454. The van der Waals surface area contributed by atoms with E-state index < -0.39 is 23.1 Å². The van der Waals surface area contributed by atoms with Crippen LogP contribution in [0.1, 0.15) is 53.6 Å². The van der Waals surface area contributed by atoms with Crippen molar-refractivity contribution >= 4 is 11.8 Å². The van der Waals surface area contributed by atoms with Crippen LogP contribution in [-0.2, 0) is 16.6 Å². The number of piperidine rings is 1. The van der Waals surface area contributed by atoms with Gasteiger partial charge < -0.3 is 20.1 Å². The lowest BCUT2D eigenvalue weighted by molar-refractivity contribution is -0.188. The first-order valence-electron chi connectivity index (χ1n) is 12.1. The predicted octanol–water partition coefficient (Wildman–Crippen LogP) is 2.91. The predicted molar refractivity (Wildman–Crippen MR) is 123 cm³/mol. The van der Waals surface area contributed by atoms with Crippen LogP contribution in [0.3, 0.4) is 0 Å². The van der Waals surface area contributed by atoms with Gasteiger partial charge in [0, 0.05) is 24.6 Å². The Hall–Kier alpha value is -2.90. The van der Waals surface area contributed by atoms with E-state index in [4.69, 9.17) is 9.84 Å². The highest BCUT2D eigenvalue weighted by molar-refractivity contribution is 5.90. The largest absolute Gasteiger partial charge is 0.504 e. The molecule has 34 heavy (non-hydrogen) atoms. The Bertz CT molecular complexity index is 1160. The van der Waals surface area contributed by atoms with E-state index in [9.17, 15) is 19.8 Å². The van der Waals surface area contributed by atoms with Crippen molar-refractivity contribution < 1.29 is 29.6 Å². The lowest BCUT2D eigenvalue weighted by Crippen LogP contribution is -2.76. The van der Waals surface area contributed by atoms with Crippen molar-refractivity contribution in [3.05, 3.63) is 59.2 Å². The molecule has 2 aromatic rings. The molecule has 0 aromatic heterocycles. The van der Waals surface area contributed by atoms with E-state index in [1.807, 2.05) is 6.07 Å². The van der Waals surface area contributed by atoms with Crippen molar-refractivity contribution in [3.63, 3.8) is 0 Å². The number of benzene rings is 2. The van der Waals surface area contributed by atoms with Gasteiger partial charge in [-0.1, -0.05) is 24.3 Å². The second kappa shape index (κ2) is 7.55. The number of carbonyl (C=O) groups excluding carboxylic acids is 1. The summed E-state index contributed by atoms with van der Waals surface area (Å²) in [5, 5.41) is 30.7. The Labute approximate surface area is 198 Å². The van der Waals surface area contributed by atoms with E-state index >= 15 is 0 Å². The van der Waals surface area contributed by atoms with E-state index in [0.29, 0.717) is 24.2 Å². The Kier molecular flexibility index (Phi) is 4.80. The van der Waals surface area contributed by atoms with Crippen LogP contribution < -0.4 is 4.74 Å². The van der Waals surface area contributed by atoms with Crippen LogP contribution in [0.4, 0.5) is 0 Å². The van der Waals surface area contributed by atoms with Crippen molar-refractivity contribution in [2.45, 2.75) is 61.7 Å². The Morgan fingerprint density at radius 2 is 1.88 bits per heavy atom. The Balaban J connectivity index is 0.000000206. The molecule has 7 nitrogen and oxygen atoms in total. The number of hydrogen-bond acceptors (Lipinski definition) is 6. The molecule has 3 aliphatic carbocycles. The van der Waals surface area contributed by atoms with Gasteiger partial charge in [0.1, 0.15) is 0 Å². The number of carbonyl (C=O) groups is 2. The highest BCUT2D eigenvalue weighted by atomic mass is 16.5. The van der Waals surface area contributed by atoms with Crippen molar-refractivity contribution in [1.82, 2.24) is 4.90 Å². The highest BCUT2D eigenvalue weighted by Crippen LogP contribution is 2.64. The lowest BCUT2D eigenvalue weighted by Gasteiger charge is -2.62. The van der Waals surface area contributed by atoms with Gasteiger partial charge in [0.25, 0.3) is 0 Å².